The number of nitrogens with zero attached hydrogens (tertiary/aromatic N) is 3. The first-order valence-electron chi connectivity index (χ1n) is 7.77. The van der Waals surface area contributed by atoms with Gasteiger partial charge in [0.15, 0.2) is 0 Å². The highest BCUT2D eigenvalue weighted by Gasteiger charge is 2.53. The Morgan fingerprint density at radius 3 is 2.52 bits per heavy atom. The highest BCUT2D eigenvalue weighted by atomic mass is 16.7. The second-order valence-corrected chi connectivity index (χ2v) is 6.33. The predicted octanol–water partition coefficient (Wildman–Crippen LogP) is 0.649. The van der Waals surface area contributed by atoms with Crippen LogP contribution in [0.25, 0.3) is 0 Å². The van der Waals surface area contributed by atoms with Gasteiger partial charge in [0, 0.05) is 38.3 Å². The van der Waals surface area contributed by atoms with Crippen molar-refractivity contribution in [2.45, 2.75) is 25.7 Å². The van der Waals surface area contributed by atoms with E-state index in [0.717, 1.165) is 10.6 Å². The molecule has 23 heavy (non-hydrogen) atoms. The van der Waals surface area contributed by atoms with Gasteiger partial charge < -0.3 is 9.80 Å². The van der Waals surface area contributed by atoms with Gasteiger partial charge in [0.2, 0.25) is 0 Å². The summed E-state index contributed by atoms with van der Waals surface area (Å²) in [6.07, 6.45) is 7.52. The Hall–Kier alpha value is -2.15. The standard InChI is InChI=1S/C16H21N3O4/c1-17-7-3-4-12(11-17)14(21)18-8-5-16(6-9-18)10-13(20)19(23-2)15(16)22/h3,7,11H,4-6,8-10H2,1-2H3. The third-order valence-electron chi connectivity index (χ3n) is 4.86. The molecule has 0 radical (unpaired) electrons. The van der Waals surface area contributed by atoms with Crippen LogP contribution in [0.3, 0.4) is 0 Å². The molecule has 0 saturated carbocycles. The molecule has 0 aromatic rings. The molecule has 124 valence electrons. The monoisotopic (exact) mass is 319 g/mol. The lowest BCUT2D eigenvalue weighted by molar-refractivity contribution is -0.183. The van der Waals surface area contributed by atoms with E-state index in [1.54, 1.807) is 4.90 Å². The summed E-state index contributed by atoms with van der Waals surface area (Å²) < 4.78 is 0. The third-order valence-corrected chi connectivity index (χ3v) is 4.86. The lowest BCUT2D eigenvalue weighted by Crippen LogP contribution is -2.47. The number of hydroxylamine groups is 2. The number of likely N-dealkylation sites (tertiary alicyclic amines) is 1. The first kappa shape index (κ1) is 15.7. The predicted molar refractivity (Wildman–Crippen MR) is 81.3 cm³/mol. The number of carbonyl (C=O) groups excluding carboxylic acids is 3. The Morgan fingerprint density at radius 1 is 1.26 bits per heavy atom. The van der Waals surface area contributed by atoms with Crippen molar-refractivity contribution in [3.63, 3.8) is 0 Å². The van der Waals surface area contributed by atoms with E-state index in [-0.39, 0.29) is 24.1 Å². The van der Waals surface area contributed by atoms with Crippen molar-refractivity contribution in [3.05, 3.63) is 24.0 Å². The smallest absolute Gasteiger partial charge is 0.260 e. The van der Waals surface area contributed by atoms with Crippen LogP contribution in [0.4, 0.5) is 0 Å². The Morgan fingerprint density at radius 2 is 1.96 bits per heavy atom. The van der Waals surface area contributed by atoms with E-state index in [9.17, 15) is 14.4 Å². The lowest BCUT2D eigenvalue weighted by Gasteiger charge is -2.37. The highest BCUT2D eigenvalue weighted by molar-refractivity contribution is 6.05. The van der Waals surface area contributed by atoms with Gasteiger partial charge in [0.25, 0.3) is 17.7 Å². The fraction of sp³-hybridized carbons (Fsp3) is 0.562. The van der Waals surface area contributed by atoms with Crippen LogP contribution in [-0.4, -0.2) is 59.8 Å². The normalized spacial score (nSPS) is 23.7. The van der Waals surface area contributed by atoms with Gasteiger partial charge in [-0.1, -0.05) is 6.08 Å². The largest absolute Gasteiger partial charge is 0.357 e. The summed E-state index contributed by atoms with van der Waals surface area (Å²) in [5, 5.41) is 0.862. The summed E-state index contributed by atoms with van der Waals surface area (Å²) in [6.45, 7) is 0.973. The number of piperidine rings is 1. The van der Waals surface area contributed by atoms with E-state index in [1.165, 1.54) is 7.11 Å². The second kappa shape index (κ2) is 5.81. The maximum atomic E-state index is 12.6. The first-order chi connectivity index (χ1) is 11.0. The average Bonchev–Trinajstić information content (AvgIpc) is 2.77. The van der Waals surface area contributed by atoms with Gasteiger partial charge in [-0.2, -0.15) is 5.06 Å². The highest BCUT2D eigenvalue weighted by Crippen LogP contribution is 2.42. The van der Waals surface area contributed by atoms with Crippen molar-refractivity contribution in [3.8, 4) is 0 Å². The van der Waals surface area contributed by atoms with Crippen LogP contribution in [0.2, 0.25) is 0 Å². The van der Waals surface area contributed by atoms with Crippen molar-refractivity contribution in [1.82, 2.24) is 14.9 Å². The fourth-order valence-corrected chi connectivity index (χ4v) is 3.51. The van der Waals surface area contributed by atoms with Gasteiger partial charge in [-0.05, 0) is 25.5 Å². The van der Waals surface area contributed by atoms with E-state index in [2.05, 4.69) is 0 Å². The quantitative estimate of drug-likeness (QED) is 0.699. The van der Waals surface area contributed by atoms with Gasteiger partial charge in [-0.3, -0.25) is 19.2 Å². The van der Waals surface area contributed by atoms with Crippen molar-refractivity contribution in [2.24, 2.45) is 5.41 Å². The van der Waals surface area contributed by atoms with E-state index in [0.29, 0.717) is 32.4 Å². The van der Waals surface area contributed by atoms with E-state index in [1.807, 2.05) is 30.4 Å². The summed E-state index contributed by atoms with van der Waals surface area (Å²) >= 11 is 0. The van der Waals surface area contributed by atoms with Crippen LogP contribution in [-0.2, 0) is 19.2 Å². The Labute approximate surface area is 135 Å². The maximum absolute atomic E-state index is 12.6. The molecule has 3 aliphatic rings. The van der Waals surface area contributed by atoms with Crippen LogP contribution >= 0.6 is 0 Å². The summed E-state index contributed by atoms with van der Waals surface area (Å²) in [5.41, 5.74) is 0.0555. The Balaban J connectivity index is 1.66. The Kier molecular flexibility index (Phi) is 3.97. The molecule has 1 spiro atoms. The van der Waals surface area contributed by atoms with Crippen molar-refractivity contribution in [1.29, 1.82) is 0 Å². The summed E-state index contributed by atoms with van der Waals surface area (Å²) in [7, 11) is 3.21. The molecule has 3 rings (SSSR count). The number of hydrogen-bond donors (Lipinski definition) is 0. The van der Waals surface area contributed by atoms with Crippen LogP contribution in [0.15, 0.2) is 24.0 Å². The molecule has 7 nitrogen and oxygen atoms in total. The van der Waals surface area contributed by atoms with Gasteiger partial charge in [0.1, 0.15) is 0 Å². The summed E-state index contributed by atoms with van der Waals surface area (Å²) in [4.78, 5) is 45.3. The zero-order valence-corrected chi connectivity index (χ0v) is 13.4. The van der Waals surface area contributed by atoms with Gasteiger partial charge in [-0.25, -0.2) is 0 Å². The van der Waals surface area contributed by atoms with Gasteiger partial charge in [0.05, 0.1) is 12.5 Å². The molecule has 3 aliphatic heterocycles. The van der Waals surface area contributed by atoms with Crippen molar-refractivity contribution < 1.29 is 19.2 Å². The lowest BCUT2D eigenvalue weighted by atomic mass is 9.77. The number of hydrogen-bond acceptors (Lipinski definition) is 5. The van der Waals surface area contributed by atoms with E-state index >= 15 is 0 Å². The number of rotatable bonds is 2. The van der Waals surface area contributed by atoms with Crippen LogP contribution in [0.5, 0.6) is 0 Å². The first-order valence-corrected chi connectivity index (χ1v) is 7.77. The fourth-order valence-electron chi connectivity index (χ4n) is 3.51. The van der Waals surface area contributed by atoms with Gasteiger partial charge >= 0.3 is 0 Å². The number of imide groups is 1. The average molecular weight is 319 g/mol. The molecule has 2 fully saturated rings. The maximum Gasteiger partial charge on any atom is 0.260 e. The second-order valence-electron chi connectivity index (χ2n) is 6.33. The topological polar surface area (TPSA) is 70.2 Å². The minimum atomic E-state index is -0.693. The number of allylic oxidation sites excluding steroid dienone is 1. The molecule has 0 N–H and O–H groups in total. The summed E-state index contributed by atoms with van der Waals surface area (Å²) in [5.74, 6) is -0.549. The number of carbonyl (C=O) groups is 3. The molecule has 0 bridgehead atoms. The molecule has 3 amide bonds. The van der Waals surface area contributed by atoms with Crippen LogP contribution in [0, 0.1) is 5.41 Å². The zero-order chi connectivity index (χ0) is 16.6. The molecule has 0 aromatic carbocycles. The van der Waals surface area contributed by atoms with Gasteiger partial charge in [-0.15, -0.1) is 0 Å². The molecule has 7 heteroatoms. The molecule has 0 unspecified atom stereocenters. The minimum Gasteiger partial charge on any atom is -0.357 e. The van der Waals surface area contributed by atoms with E-state index in [4.69, 9.17) is 4.84 Å². The third kappa shape index (κ3) is 2.65. The van der Waals surface area contributed by atoms with Crippen LogP contribution < -0.4 is 0 Å². The zero-order valence-electron chi connectivity index (χ0n) is 13.4. The molecule has 0 aromatic heterocycles. The molecule has 3 heterocycles. The molecule has 2 saturated heterocycles. The van der Waals surface area contributed by atoms with Crippen molar-refractivity contribution >= 4 is 17.7 Å². The summed E-state index contributed by atoms with van der Waals surface area (Å²) in [6, 6.07) is 0. The SMILES string of the molecule is CON1C(=O)CC2(CCN(C(=O)C3=CN(C)C=CC3)CC2)C1=O. The molecular formula is C16H21N3O4. The number of amides is 3. The molecule has 0 atom stereocenters. The Bertz CT molecular complexity index is 602. The van der Waals surface area contributed by atoms with E-state index < -0.39 is 5.41 Å². The molecule has 0 aliphatic carbocycles. The van der Waals surface area contributed by atoms with Crippen LogP contribution in [0.1, 0.15) is 25.7 Å². The minimum absolute atomic E-state index is 0.0106. The molecular weight excluding hydrogens is 298 g/mol. The van der Waals surface area contributed by atoms with Crippen molar-refractivity contribution in [2.75, 3.05) is 27.2 Å².